The Morgan fingerprint density at radius 1 is 1.26 bits per heavy atom. The van der Waals surface area contributed by atoms with E-state index in [4.69, 9.17) is 5.73 Å². The molecule has 2 N–H and O–H groups in total. The van der Waals surface area contributed by atoms with Crippen molar-refractivity contribution in [3.63, 3.8) is 0 Å². The van der Waals surface area contributed by atoms with Gasteiger partial charge in [-0.2, -0.15) is 13.2 Å². The van der Waals surface area contributed by atoms with E-state index in [2.05, 4.69) is 4.90 Å². The van der Waals surface area contributed by atoms with Gasteiger partial charge in [-0.1, -0.05) is 0 Å². The van der Waals surface area contributed by atoms with Crippen molar-refractivity contribution < 1.29 is 13.2 Å². The maximum atomic E-state index is 12.8. The summed E-state index contributed by atoms with van der Waals surface area (Å²) in [6.07, 6.45) is -4.41. The first-order valence-electron chi connectivity index (χ1n) is 6.21. The maximum Gasteiger partial charge on any atom is 0.418 e. The van der Waals surface area contributed by atoms with E-state index in [1.165, 1.54) is 6.07 Å². The Balaban J connectivity index is 2.31. The zero-order valence-corrected chi connectivity index (χ0v) is 11.0. The molecule has 6 heteroatoms. The maximum absolute atomic E-state index is 12.8. The standard InChI is InChI=1S/C13H18F3N3/c1-9-8-18(2)5-6-19(9)10-3-4-12(17)11(7-10)13(14,15)16/h3-4,7,9H,5-6,8,17H2,1-2H3. The van der Waals surface area contributed by atoms with Crippen molar-refractivity contribution in [2.24, 2.45) is 0 Å². The van der Waals surface area contributed by atoms with Gasteiger partial charge < -0.3 is 15.5 Å². The van der Waals surface area contributed by atoms with Crippen LogP contribution in [0.15, 0.2) is 18.2 Å². The fourth-order valence-electron chi connectivity index (χ4n) is 2.49. The normalized spacial score (nSPS) is 21.7. The Bertz CT molecular complexity index is 459. The minimum absolute atomic E-state index is 0.184. The molecule has 1 heterocycles. The molecule has 1 aromatic carbocycles. The van der Waals surface area contributed by atoms with Gasteiger partial charge in [0.1, 0.15) is 0 Å². The molecule has 0 aliphatic carbocycles. The van der Waals surface area contributed by atoms with Crippen LogP contribution in [0, 0.1) is 0 Å². The van der Waals surface area contributed by atoms with Crippen LogP contribution < -0.4 is 10.6 Å². The fraction of sp³-hybridized carbons (Fsp3) is 0.538. The number of halogens is 3. The third kappa shape index (κ3) is 2.94. The summed E-state index contributed by atoms with van der Waals surface area (Å²) < 4.78 is 38.5. The van der Waals surface area contributed by atoms with Crippen LogP contribution in [0.4, 0.5) is 24.5 Å². The summed E-state index contributed by atoms with van der Waals surface area (Å²) in [6, 6.07) is 4.33. The van der Waals surface area contributed by atoms with Gasteiger partial charge in [0.2, 0.25) is 0 Å². The second-order valence-electron chi connectivity index (χ2n) is 5.07. The van der Waals surface area contributed by atoms with Crippen LogP contribution in [-0.4, -0.2) is 37.6 Å². The molecule has 1 fully saturated rings. The SMILES string of the molecule is CC1CN(C)CCN1c1ccc(N)c(C(F)(F)F)c1. The number of hydrogen-bond donors (Lipinski definition) is 1. The third-order valence-electron chi connectivity index (χ3n) is 3.50. The second-order valence-corrected chi connectivity index (χ2v) is 5.07. The topological polar surface area (TPSA) is 32.5 Å². The lowest BCUT2D eigenvalue weighted by molar-refractivity contribution is -0.136. The Morgan fingerprint density at radius 3 is 2.53 bits per heavy atom. The van der Waals surface area contributed by atoms with Gasteiger partial charge in [0.25, 0.3) is 0 Å². The zero-order chi connectivity index (χ0) is 14.2. The van der Waals surface area contributed by atoms with Gasteiger partial charge in [-0.05, 0) is 32.2 Å². The summed E-state index contributed by atoms with van der Waals surface area (Å²) in [6.45, 7) is 4.42. The smallest absolute Gasteiger partial charge is 0.398 e. The van der Waals surface area contributed by atoms with Crippen LogP contribution >= 0.6 is 0 Å². The van der Waals surface area contributed by atoms with Gasteiger partial charge in [-0.15, -0.1) is 0 Å². The van der Waals surface area contributed by atoms with E-state index in [1.54, 1.807) is 6.07 Å². The summed E-state index contributed by atoms with van der Waals surface area (Å²) in [5.41, 5.74) is 5.02. The minimum Gasteiger partial charge on any atom is -0.398 e. The summed E-state index contributed by atoms with van der Waals surface area (Å²) >= 11 is 0. The Labute approximate surface area is 110 Å². The molecular formula is C13H18F3N3. The number of alkyl halides is 3. The van der Waals surface area contributed by atoms with E-state index in [9.17, 15) is 13.2 Å². The number of hydrogen-bond acceptors (Lipinski definition) is 3. The Kier molecular flexibility index (Phi) is 3.62. The largest absolute Gasteiger partial charge is 0.418 e. The molecule has 0 spiro atoms. The van der Waals surface area contributed by atoms with Crippen LogP contribution in [0.3, 0.4) is 0 Å². The second kappa shape index (κ2) is 4.92. The quantitative estimate of drug-likeness (QED) is 0.798. The Hall–Kier alpha value is -1.43. The first kappa shape index (κ1) is 14.0. The minimum atomic E-state index is -4.41. The molecule has 0 amide bonds. The molecule has 0 saturated carbocycles. The monoisotopic (exact) mass is 273 g/mol. The molecule has 0 bridgehead atoms. The van der Waals surface area contributed by atoms with Crippen molar-refractivity contribution in [1.29, 1.82) is 0 Å². The number of piperazine rings is 1. The highest BCUT2D eigenvalue weighted by molar-refractivity contribution is 5.60. The van der Waals surface area contributed by atoms with Crippen molar-refractivity contribution in [3.8, 4) is 0 Å². The predicted octanol–water partition coefficient (Wildman–Crippen LogP) is 2.43. The van der Waals surface area contributed by atoms with Crippen LogP contribution in [-0.2, 0) is 6.18 Å². The van der Waals surface area contributed by atoms with Crippen molar-refractivity contribution in [1.82, 2.24) is 4.90 Å². The summed E-state index contributed by atoms with van der Waals surface area (Å²) in [7, 11) is 2.01. The number of anilines is 2. The lowest BCUT2D eigenvalue weighted by Gasteiger charge is -2.40. The van der Waals surface area contributed by atoms with Crippen molar-refractivity contribution >= 4 is 11.4 Å². The van der Waals surface area contributed by atoms with E-state index in [0.717, 1.165) is 25.7 Å². The van der Waals surface area contributed by atoms with Crippen LogP contribution in [0.2, 0.25) is 0 Å². The molecule has 3 nitrogen and oxygen atoms in total. The van der Waals surface area contributed by atoms with Crippen LogP contribution in [0.25, 0.3) is 0 Å². The average molecular weight is 273 g/mol. The molecule has 1 aliphatic rings. The number of benzene rings is 1. The van der Waals surface area contributed by atoms with E-state index >= 15 is 0 Å². The highest BCUT2D eigenvalue weighted by Gasteiger charge is 2.34. The molecule has 19 heavy (non-hydrogen) atoms. The number of nitrogens with two attached hydrogens (primary N) is 1. The van der Waals surface area contributed by atoms with Gasteiger partial charge in [-0.3, -0.25) is 0 Å². The molecule has 0 radical (unpaired) electrons. The summed E-state index contributed by atoms with van der Waals surface area (Å²) in [4.78, 5) is 4.16. The van der Waals surface area contributed by atoms with Crippen molar-refractivity contribution in [3.05, 3.63) is 23.8 Å². The van der Waals surface area contributed by atoms with E-state index in [0.29, 0.717) is 5.69 Å². The molecule has 1 unspecified atom stereocenters. The van der Waals surface area contributed by atoms with Crippen LogP contribution in [0.1, 0.15) is 12.5 Å². The third-order valence-corrected chi connectivity index (χ3v) is 3.50. The van der Waals surface area contributed by atoms with E-state index in [-0.39, 0.29) is 11.7 Å². The number of rotatable bonds is 1. The van der Waals surface area contributed by atoms with E-state index < -0.39 is 11.7 Å². The number of nitrogens with zero attached hydrogens (tertiary/aromatic N) is 2. The lowest BCUT2D eigenvalue weighted by atomic mass is 10.1. The molecule has 0 aromatic heterocycles. The first-order chi connectivity index (χ1) is 8.79. The highest BCUT2D eigenvalue weighted by atomic mass is 19.4. The number of likely N-dealkylation sites (N-methyl/N-ethyl adjacent to an activating group) is 1. The van der Waals surface area contributed by atoms with Crippen molar-refractivity contribution in [2.45, 2.75) is 19.1 Å². The lowest BCUT2D eigenvalue weighted by Crippen LogP contribution is -2.50. The number of nitrogen functional groups attached to an aromatic ring is 1. The highest BCUT2D eigenvalue weighted by Crippen LogP contribution is 2.36. The van der Waals surface area contributed by atoms with E-state index in [1.807, 2.05) is 18.9 Å². The molecule has 106 valence electrons. The molecule has 1 aliphatic heterocycles. The molecule has 1 saturated heterocycles. The molecule has 1 aromatic rings. The first-order valence-corrected chi connectivity index (χ1v) is 6.21. The summed E-state index contributed by atoms with van der Waals surface area (Å²) in [5, 5.41) is 0. The van der Waals surface area contributed by atoms with Gasteiger partial charge in [0, 0.05) is 37.1 Å². The van der Waals surface area contributed by atoms with Crippen molar-refractivity contribution in [2.75, 3.05) is 37.3 Å². The fourth-order valence-corrected chi connectivity index (χ4v) is 2.49. The molecule has 2 rings (SSSR count). The van der Waals surface area contributed by atoms with Gasteiger partial charge in [0.15, 0.2) is 0 Å². The Morgan fingerprint density at radius 2 is 1.95 bits per heavy atom. The van der Waals surface area contributed by atoms with Gasteiger partial charge in [0.05, 0.1) is 5.56 Å². The van der Waals surface area contributed by atoms with Gasteiger partial charge >= 0.3 is 6.18 Å². The average Bonchev–Trinajstić information content (AvgIpc) is 2.29. The molecular weight excluding hydrogens is 255 g/mol. The van der Waals surface area contributed by atoms with Crippen LogP contribution in [0.5, 0.6) is 0 Å². The molecule has 1 atom stereocenters. The summed E-state index contributed by atoms with van der Waals surface area (Å²) in [5.74, 6) is 0. The predicted molar refractivity (Wildman–Crippen MR) is 70.2 cm³/mol. The zero-order valence-electron chi connectivity index (χ0n) is 11.0. The van der Waals surface area contributed by atoms with Gasteiger partial charge in [-0.25, -0.2) is 0 Å².